The van der Waals surface area contributed by atoms with Crippen LogP contribution < -0.4 is 0 Å². The van der Waals surface area contributed by atoms with Gasteiger partial charge >= 0.3 is 0 Å². The summed E-state index contributed by atoms with van der Waals surface area (Å²) in [6.07, 6.45) is 1.65. The van der Waals surface area contributed by atoms with E-state index in [4.69, 9.17) is 0 Å². The van der Waals surface area contributed by atoms with E-state index in [1.54, 1.807) is 17.7 Å². The summed E-state index contributed by atoms with van der Waals surface area (Å²) in [4.78, 5) is 13.4. The second-order valence-corrected chi connectivity index (χ2v) is 5.93. The lowest BCUT2D eigenvalue weighted by molar-refractivity contribution is 1.22. The van der Waals surface area contributed by atoms with Gasteiger partial charge < -0.3 is 4.98 Å². The average Bonchev–Trinajstić information content (AvgIpc) is 3.02. The first-order valence-electron chi connectivity index (χ1n) is 6.51. The highest BCUT2D eigenvalue weighted by molar-refractivity contribution is 7.16. The average molecular weight is 279 g/mol. The molecule has 4 heteroatoms. The van der Waals surface area contributed by atoms with Crippen LogP contribution in [0.5, 0.6) is 0 Å². The monoisotopic (exact) mass is 279 g/mol. The molecule has 0 saturated heterocycles. The molecule has 3 heterocycles. The first kappa shape index (κ1) is 11.6. The minimum atomic E-state index is 1.02. The summed E-state index contributed by atoms with van der Waals surface area (Å²) in [5, 5.41) is 4.43. The lowest BCUT2D eigenvalue weighted by Crippen LogP contribution is -1.87. The lowest BCUT2D eigenvalue weighted by atomic mass is 10.0. The zero-order valence-electron chi connectivity index (χ0n) is 11.3. The van der Waals surface area contributed by atoms with Crippen LogP contribution in [0.15, 0.2) is 36.0 Å². The summed E-state index contributed by atoms with van der Waals surface area (Å²) in [5.41, 5.74) is 5.77. The second kappa shape index (κ2) is 4.15. The number of aromatic amines is 1. The Morgan fingerprint density at radius 2 is 1.95 bits per heavy atom. The number of rotatable bonds is 1. The van der Waals surface area contributed by atoms with Crippen molar-refractivity contribution in [1.29, 1.82) is 0 Å². The van der Waals surface area contributed by atoms with E-state index in [9.17, 15) is 0 Å². The zero-order valence-corrected chi connectivity index (χ0v) is 12.1. The molecule has 3 nitrogen and oxygen atoms in total. The number of hydrogen-bond acceptors (Lipinski definition) is 3. The first-order valence-corrected chi connectivity index (χ1v) is 7.39. The van der Waals surface area contributed by atoms with Crippen LogP contribution in [0.4, 0.5) is 0 Å². The predicted molar refractivity (Wildman–Crippen MR) is 84.2 cm³/mol. The normalized spacial score (nSPS) is 11.5. The van der Waals surface area contributed by atoms with Crippen LogP contribution in [0.1, 0.15) is 11.3 Å². The summed E-state index contributed by atoms with van der Waals surface area (Å²) < 4.78 is 0. The van der Waals surface area contributed by atoms with Gasteiger partial charge in [-0.3, -0.25) is 0 Å². The number of nitrogens with one attached hydrogen (secondary N) is 1. The molecular weight excluding hydrogens is 266 g/mol. The fourth-order valence-corrected chi connectivity index (χ4v) is 3.47. The zero-order chi connectivity index (χ0) is 13.7. The molecular formula is C16H13N3S. The Morgan fingerprint density at radius 1 is 1.05 bits per heavy atom. The second-order valence-electron chi connectivity index (χ2n) is 5.04. The molecule has 0 aliphatic rings. The third kappa shape index (κ3) is 1.58. The Labute approximate surface area is 120 Å². The third-order valence-corrected chi connectivity index (χ3v) is 4.46. The maximum Gasteiger partial charge on any atom is 0.127 e. The van der Waals surface area contributed by atoms with Crippen LogP contribution in [0.2, 0.25) is 0 Å². The van der Waals surface area contributed by atoms with Crippen LogP contribution in [0, 0.1) is 13.8 Å². The van der Waals surface area contributed by atoms with Crippen molar-refractivity contribution in [3.8, 4) is 11.3 Å². The Balaban J connectivity index is 2.14. The molecule has 1 aromatic carbocycles. The van der Waals surface area contributed by atoms with Gasteiger partial charge in [0, 0.05) is 27.5 Å². The number of thiophene rings is 1. The van der Waals surface area contributed by atoms with Crippen molar-refractivity contribution in [3.63, 3.8) is 0 Å². The molecule has 4 aromatic rings. The Morgan fingerprint density at radius 3 is 2.85 bits per heavy atom. The van der Waals surface area contributed by atoms with Gasteiger partial charge in [-0.1, -0.05) is 11.6 Å². The fourth-order valence-electron chi connectivity index (χ4n) is 2.73. The van der Waals surface area contributed by atoms with Gasteiger partial charge in [0.15, 0.2) is 0 Å². The third-order valence-electron chi connectivity index (χ3n) is 3.64. The topological polar surface area (TPSA) is 41.6 Å². The van der Waals surface area contributed by atoms with E-state index in [1.165, 1.54) is 16.5 Å². The van der Waals surface area contributed by atoms with Crippen molar-refractivity contribution in [2.75, 3.05) is 0 Å². The quantitative estimate of drug-likeness (QED) is 0.559. The molecule has 0 amide bonds. The number of nitrogens with zero attached hydrogens (tertiary/aromatic N) is 2. The van der Waals surface area contributed by atoms with Gasteiger partial charge in [0.25, 0.3) is 0 Å². The smallest absolute Gasteiger partial charge is 0.127 e. The number of aryl methyl sites for hydroxylation is 2. The summed E-state index contributed by atoms with van der Waals surface area (Å²) >= 11 is 1.65. The highest BCUT2D eigenvalue weighted by Crippen LogP contribution is 2.36. The largest absolute Gasteiger partial charge is 0.358 e. The van der Waals surface area contributed by atoms with E-state index in [1.807, 2.05) is 0 Å². The summed E-state index contributed by atoms with van der Waals surface area (Å²) in [5.74, 6) is 0. The molecule has 0 radical (unpaired) electrons. The van der Waals surface area contributed by atoms with Gasteiger partial charge in [-0.15, -0.1) is 11.3 Å². The standard InChI is InChI=1S/C16H13N3S/c1-9-3-4-13-12(7-9)14(10(2)19-13)15-11-5-6-20-16(11)18-8-17-15/h3-8,19H,1-2H3. The minimum absolute atomic E-state index is 1.02. The van der Waals surface area contributed by atoms with Crippen LogP contribution in [0.25, 0.3) is 32.4 Å². The molecule has 98 valence electrons. The maximum absolute atomic E-state index is 4.54. The van der Waals surface area contributed by atoms with E-state index >= 15 is 0 Å². The SMILES string of the molecule is Cc1ccc2[nH]c(C)c(-c3ncnc4sccc34)c2c1. The van der Waals surface area contributed by atoms with Gasteiger partial charge in [-0.2, -0.15) is 0 Å². The van der Waals surface area contributed by atoms with E-state index in [-0.39, 0.29) is 0 Å². The molecule has 0 unspecified atom stereocenters. The first-order chi connectivity index (χ1) is 9.74. The van der Waals surface area contributed by atoms with Crippen molar-refractivity contribution in [2.45, 2.75) is 13.8 Å². The highest BCUT2D eigenvalue weighted by atomic mass is 32.1. The van der Waals surface area contributed by atoms with E-state index in [0.29, 0.717) is 0 Å². The maximum atomic E-state index is 4.54. The van der Waals surface area contributed by atoms with Crippen LogP contribution in [-0.2, 0) is 0 Å². The van der Waals surface area contributed by atoms with Gasteiger partial charge in [-0.25, -0.2) is 9.97 Å². The number of H-pyrrole nitrogens is 1. The Kier molecular flexibility index (Phi) is 2.41. The molecule has 0 spiro atoms. The molecule has 0 aliphatic heterocycles. The fraction of sp³-hybridized carbons (Fsp3) is 0.125. The number of benzene rings is 1. The van der Waals surface area contributed by atoms with Gasteiger partial charge in [0.1, 0.15) is 11.2 Å². The number of fused-ring (bicyclic) bond motifs is 2. The number of hydrogen-bond donors (Lipinski definition) is 1. The van der Waals surface area contributed by atoms with Gasteiger partial charge in [0.05, 0.1) is 5.69 Å². The summed E-state index contributed by atoms with van der Waals surface area (Å²) in [7, 11) is 0. The summed E-state index contributed by atoms with van der Waals surface area (Å²) in [6, 6.07) is 8.58. The molecule has 0 fully saturated rings. The van der Waals surface area contributed by atoms with Crippen LogP contribution >= 0.6 is 11.3 Å². The molecule has 0 atom stereocenters. The van der Waals surface area contributed by atoms with Crippen molar-refractivity contribution >= 4 is 32.5 Å². The molecule has 0 bridgehead atoms. The predicted octanol–water partition coefficient (Wildman–Crippen LogP) is 4.46. The van der Waals surface area contributed by atoms with Crippen molar-refractivity contribution in [2.24, 2.45) is 0 Å². The van der Waals surface area contributed by atoms with Crippen LogP contribution in [-0.4, -0.2) is 15.0 Å². The van der Waals surface area contributed by atoms with Gasteiger partial charge in [-0.05, 0) is 37.4 Å². The van der Waals surface area contributed by atoms with Gasteiger partial charge in [0.2, 0.25) is 0 Å². The Bertz CT molecular complexity index is 933. The van der Waals surface area contributed by atoms with Crippen molar-refractivity contribution in [3.05, 3.63) is 47.2 Å². The molecule has 0 aliphatic carbocycles. The van der Waals surface area contributed by atoms with E-state index in [0.717, 1.165) is 27.1 Å². The lowest BCUT2D eigenvalue weighted by Gasteiger charge is -2.03. The molecule has 0 saturated carbocycles. The number of aromatic nitrogens is 3. The van der Waals surface area contributed by atoms with Crippen LogP contribution in [0.3, 0.4) is 0 Å². The molecule has 20 heavy (non-hydrogen) atoms. The molecule has 4 rings (SSSR count). The van der Waals surface area contributed by atoms with E-state index in [2.05, 4.69) is 58.4 Å². The summed E-state index contributed by atoms with van der Waals surface area (Å²) in [6.45, 7) is 4.22. The molecule has 1 N–H and O–H groups in total. The van der Waals surface area contributed by atoms with Crippen molar-refractivity contribution in [1.82, 2.24) is 15.0 Å². The molecule has 3 aromatic heterocycles. The highest BCUT2D eigenvalue weighted by Gasteiger charge is 2.15. The minimum Gasteiger partial charge on any atom is -0.358 e. The van der Waals surface area contributed by atoms with E-state index < -0.39 is 0 Å². The van der Waals surface area contributed by atoms with Crippen molar-refractivity contribution < 1.29 is 0 Å². The Hall–Kier alpha value is -2.20.